The van der Waals surface area contributed by atoms with Crippen molar-refractivity contribution in [3.8, 4) is 0 Å². The molecule has 2 aliphatic rings. The van der Waals surface area contributed by atoms with E-state index in [0.29, 0.717) is 24.3 Å². The van der Waals surface area contributed by atoms with Crippen LogP contribution in [0.25, 0.3) is 10.9 Å². The average Bonchev–Trinajstić information content (AvgIpc) is 3.46. The summed E-state index contributed by atoms with van der Waals surface area (Å²) in [5, 5.41) is 14.5. The molecule has 1 aliphatic carbocycles. The van der Waals surface area contributed by atoms with Crippen LogP contribution < -0.4 is 4.90 Å². The number of rotatable bonds is 7. The molecule has 1 saturated carbocycles. The second-order valence-electron chi connectivity index (χ2n) is 11.2. The van der Waals surface area contributed by atoms with Gasteiger partial charge in [0.2, 0.25) is 5.91 Å². The Labute approximate surface area is 224 Å². The van der Waals surface area contributed by atoms with Crippen LogP contribution in [0, 0.1) is 6.92 Å². The average molecular weight is 512 g/mol. The quantitative estimate of drug-likeness (QED) is 0.385. The number of hydrogen-bond acceptors (Lipinski definition) is 5. The van der Waals surface area contributed by atoms with Gasteiger partial charge in [-0.3, -0.25) is 9.48 Å². The number of benzene rings is 2. The first-order chi connectivity index (χ1) is 18.5. The summed E-state index contributed by atoms with van der Waals surface area (Å²) in [6.45, 7) is 8.58. The van der Waals surface area contributed by atoms with Crippen molar-refractivity contribution in [2.24, 2.45) is 0 Å². The molecule has 8 heteroatoms. The van der Waals surface area contributed by atoms with E-state index in [-0.39, 0.29) is 18.4 Å². The number of fused-ring (bicyclic) bond motifs is 1. The number of H-pyrrole nitrogens is 1. The zero-order chi connectivity index (χ0) is 26.2. The summed E-state index contributed by atoms with van der Waals surface area (Å²) in [5.41, 5.74) is 4.89. The van der Waals surface area contributed by atoms with Crippen molar-refractivity contribution < 1.29 is 4.79 Å². The fourth-order valence-corrected chi connectivity index (χ4v) is 5.88. The number of anilines is 1. The monoisotopic (exact) mass is 511 g/mol. The van der Waals surface area contributed by atoms with Gasteiger partial charge >= 0.3 is 0 Å². The highest BCUT2D eigenvalue weighted by atomic mass is 16.2. The smallest absolute Gasteiger partial charge is 0.230 e. The fraction of sp³-hybridized carbons (Fsp3) is 0.467. The highest BCUT2D eigenvalue weighted by molar-refractivity contribution is 5.86. The first kappa shape index (κ1) is 24.6. The van der Waals surface area contributed by atoms with Gasteiger partial charge in [-0.25, -0.2) is 0 Å². The van der Waals surface area contributed by atoms with Crippen LogP contribution in [0.4, 0.5) is 5.69 Å². The zero-order valence-electron chi connectivity index (χ0n) is 22.6. The summed E-state index contributed by atoms with van der Waals surface area (Å²) >= 11 is 0. The van der Waals surface area contributed by atoms with E-state index in [4.69, 9.17) is 5.10 Å². The van der Waals surface area contributed by atoms with Crippen molar-refractivity contribution in [1.29, 1.82) is 0 Å². The van der Waals surface area contributed by atoms with Crippen molar-refractivity contribution in [2.75, 3.05) is 24.5 Å². The number of carbonyl (C=O) groups excluding carboxylic acids is 1. The third kappa shape index (κ3) is 4.79. The molecule has 2 aromatic carbocycles. The second-order valence-corrected chi connectivity index (χ2v) is 11.2. The van der Waals surface area contributed by atoms with Gasteiger partial charge in [-0.1, -0.05) is 44.2 Å². The third-order valence-corrected chi connectivity index (χ3v) is 8.13. The maximum atomic E-state index is 13.4. The van der Waals surface area contributed by atoms with Crippen LogP contribution in [0.15, 0.2) is 48.5 Å². The van der Waals surface area contributed by atoms with Crippen LogP contribution in [-0.4, -0.2) is 61.4 Å². The lowest BCUT2D eigenvalue weighted by molar-refractivity contribution is -0.133. The van der Waals surface area contributed by atoms with Gasteiger partial charge in [0.05, 0.1) is 29.7 Å². The molecule has 0 unspecified atom stereocenters. The van der Waals surface area contributed by atoms with Gasteiger partial charge in [-0.2, -0.15) is 5.10 Å². The minimum absolute atomic E-state index is 0.0705. The molecule has 198 valence electrons. The molecule has 3 heterocycles. The highest BCUT2D eigenvalue weighted by Gasteiger charge is 2.32. The molecule has 1 aliphatic heterocycles. The third-order valence-electron chi connectivity index (χ3n) is 8.13. The van der Waals surface area contributed by atoms with Crippen molar-refractivity contribution in [3.05, 3.63) is 71.4 Å². The molecule has 8 nitrogen and oxygen atoms in total. The lowest BCUT2D eigenvalue weighted by Crippen LogP contribution is -2.56. The van der Waals surface area contributed by atoms with Crippen LogP contribution in [0.5, 0.6) is 0 Å². The molecule has 1 N–H and O–H groups in total. The Morgan fingerprint density at radius 1 is 1.08 bits per heavy atom. The summed E-state index contributed by atoms with van der Waals surface area (Å²) in [7, 11) is 0. The maximum absolute atomic E-state index is 13.4. The van der Waals surface area contributed by atoms with Gasteiger partial charge < -0.3 is 14.8 Å². The first-order valence-electron chi connectivity index (χ1n) is 13.9. The number of hydrogen-bond donors (Lipinski definition) is 1. The molecule has 0 radical (unpaired) electrons. The Bertz CT molecular complexity index is 1420. The van der Waals surface area contributed by atoms with Crippen molar-refractivity contribution in [2.45, 2.75) is 70.9 Å². The van der Waals surface area contributed by atoms with Crippen LogP contribution >= 0.6 is 0 Å². The van der Waals surface area contributed by atoms with Crippen molar-refractivity contribution in [1.82, 2.24) is 29.9 Å². The molecule has 4 aromatic rings. The van der Waals surface area contributed by atoms with E-state index >= 15 is 0 Å². The largest absolute Gasteiger partial charge is 0.368 e. The molecule has 38 heavy (non-hydrogen) atoms. The Hall–Kier alpha value is -3.68. The van der Waals surface area contributed by atoms with Crippen LogP contribution in [0.1, 0.15) is 68.0 Å². The summed E-state index contributed by atoms with van der Waals surface area (Å²) < 4.78 is 2.29. The van der Waals surface area contributed by atoms with E-state index in [9.17, 15) is 4.79 Å². The number of carbonyl (C=O) groups is 1. The Morgan fingerprint density at radius 2 is 1.89 bits per heavy atom. The van der Waals surface area contributed by atoms with Crippen molar-refractivity contribution >= 4 is 22.5 Å². The molecule has 6 rings (SSSR count). The standard InChI is InChI=1S/C30H37N7O/c1-20(2)30-26-13-12-24(17-27(26)37(34-30)23-10-7-11-23)35-14-15-36(29(38)18-28-31-21(3)32-33-28)25(19-35)16-22-8-5-4-6-9-22/h4-6,8-9,12-13,17,20,23,25H,7,10-11,14-16,18-19H2,1-3H3,(H,31,32,33)/t25-/m0/s1. The molecule has 1 saturated heterocycles. The summed E-state index contributed by atoms with van der Waals surface area (Å²) in [4.78, 5) is 21.0. The van der Waals surface area contributed by atoms with Gasteiger partial charge in [0.25, 0.3) is 0 Å². The predicted molar refractivity (Wildman–Crippen MR) is 149 cm³/mol. The molecular formula is C30H37N7O. The summed E-state index contributed by atoms with van der Waals surface area (Å²) in [6.07, 6.45) is 4.77. The van der Waals surface area contributed by atoms with Gasteiger partial charge in [-0.15, -0.1) is 10.2 Å². The number of aryl methyl sites for hydroxylation is 1. The molecule has 2 fully saturated rings. The highest BCUT2D eigenvalue weighted by Crippen LogP contribution is 2.37. The van der Waals surface area contributed by atoms with Gasteiger partial charge in [0.15, 0.2) is 0 Å². The number of aromatic amines is 1. The Kier molecular flexibility index (Phi) is 6.64. The molecule has 2 aromatic heterocycles. The van der Waals surface area contributed by atoms with Gasteiger partial charge in [0.1, 0.15) is 11.6 Å². The number of nitrogens with zero attached hydrogens (tertiary/aromatic N) is 6. The normalized spacial score (nSPS) is 18.4. The van der Waals surface area contributed by atoms with Crippen LogP contribution in [0.3, 0.4) is 0 Å². The number of aromatic nitrogens is 5. The van der Waals surface area contributed by atoms with E-state index < -0.39 is 0 Å². The van der Waals surface area contributed by atoms with Crippen molar-refractivity contribution in [3.63, 3.8) is 0 Å². The first-order valence-corrected chi connectivity index (χ1v) is 13.9. The second kappa shape index (κ2) is 10.2. The molecule has 0 bridgehead atoms. The van der Waals surface area contributed by atoms with E-state index in [1.54, 1.807) is 0 Å². The SMILES string of the molecule is Cc1nnc(CC(=O)N2CCN(c3ccc4c(C(C)C)nn(C5CCC5)c4c3)C[C@@H]2Cc2ccccc2)[nH]1. The van der Waals surface area contributed by atoms with E-state index in [1.807, 2.05) is 13.0 Å². The maximum Gasteiger partial charge on any atom is 0.230 e. The molecule has 1 amide bonds. The van der Waals surface area contributed by atoms with Crippen LogP contribution in [0.2, 0.25) is 0 Å². The summed E-state index contributed by atoms with van der Waals surface area (Å²) in [5.74, 6) is 1.85. The fourth-order valence-electron chi connectivity index (χ4n) is 5.88. The van der Waals surface area contributed by atoms with E-state index in [0.717, 1.165) is 25.3 Å². The Balaban J connectivity index is 1.28. The topological polar surface area (TPSA) is 82.9 Å². The molecular weight excluding hydrogens is 474 g/mol. The van der Waals surface area contributed by atoms with E-state index in [1.165, 1.54) is 47.1 Å². The van der Waals surface area contributed by atoms with Crippen LogP contribution in [-0.2, 0) is 17.6 Å². The van der Waals surface area contributed by atoms with Gasteiger partial charge in [0, 0.05) is 30.7 Å². The number of nitrogens with one attached hydrogen (secondary N) is 1. The van der Waals surface area contributed by atoms with E-state index in [2.05, 4.69) is 86.0 Å². The summed E-state index contributed by atoms with van der Waals surface area (Å²) in [6, 6.07) is 17.9. The molecule has 0 spiro atoms. The lowest BCUT2D eigenvalue weighted by atomic mass is 9.93. The minimum atomic E-state index is 0.0705. The number of amides is 1. The Morgan fingerprint density at radius 3 is 2.58 bits per heavy atom. The van der Waals surface area contributed by atoms with Gasteiger partial charge in [-0.05, 0) is 62.3 Å². The minimum Gasteiger partial charge on any atom is -0.368 e. The zero-order valence-corrected chi connectivity index (χ0v) is 22.6. The predicted octanol–water partition coefficient (Wildman–Crippen LogP) is 4.81. The molecule has 1 atom stereocenters. The number of piperazine rings is 1. The lowest BCUT2D eigenvalue weighted by Gasteiger charge is -2.42.